The zero-order valence-corrected chi connectivity index (χ0v) is 18.4. The molecule has 1 aliphatic rings. The molecule has 0 fully saturated rings. The van der Waals surface area contributed by atoms with E-state index in [2.05, 4.69) is 21.8 Å². The van der Waals surface area contributed by atoms with Gasteiger partial charge in [-0.25, -0.2) is 17.5 Å². The van der Waals surface area contributed by atoms with E-state index in [1.54, 1.807) is 0 Å². The normalized spacial score (nSPS) is 14.4. The number of hydrogen-bond donors (Lipinski definition) is 1. The molecule has 0 amide bonds. The molecule has 3 aromatic carbocycles. The molecule has 0 aliphatic carbocycles. The molecule has 162 valence electrons. The zero-order chi connectivity index (χ0) is 22.0. The topological polar surface area (TPSA) is 52.7 Å². The summed E-state index contributed by atoms with van der Waals surface area (Å²) in [6.07, 6.45) is 0.905. The highest BCUT2D eigenvalue weighted by atomic mass is 32.2. The van der Waals surface area contributed by atoms with Gasteiger partial charge in [-0.15, -0.1) is 0 Å². The lowest BCUT2D eigenvalue weighted by Crippen LogP contribution is -2.37. The van der Waals surface area contributed by atoms with E-state index >= 15 is 0 Å². The van der Waals surface area contributed by atoms with E-state index in [-0.39, 0.29) is 17.5 Å². The number of para-hydroxylation sites is 1. The molecule has 0 bridgehead atoms. The molecule has 3 aromatic rings. The second kappa shape index (κ2) is 8.69. The lowest BCUT2D eigenvalue weighted by atomic mass is 10.0. The van der Waals surface area contributed by atoms with Crippen LogP contribution >= 0.6 is 0 Å². The fraction of sp³-hybridized carbons (Fsp3) is 0.250. The maximum atomic E-state index is 14.1. The summed E-state index contributed by atoms with van der Waals surface area (Å²) in [4.78, 5) is 3.91. The van der Waals surface area contributed by atoms with Crippen LogP contribution in [0, 0.1) is 5.82 Å². The van der Waals surface area contributed by atoms with Gasteiger partial charge in [0.1, 0.15) is 10.7 Å². The molecule has 0 aromatic heterocycles. The smallest absolute Gasteiger partial charge is 0.243 e. The third kappa shape index (κ3) is 4.43. The van der Waals surface area contributed by atoms with Gasteiger partial charge in [0.05, 0.1) is 6.04 Å². The molecule has 0 spiro atoms. The Hall–Kier alpha value is -2.90. The van der Waals surface area contributed by atoms with Crippen molar-refractivity contribution >= 4 is 21.4 Å². The molecule has 1 atom stereocenters. The standard InChI is InChI=1S/C24H26FN3O2S/c1-27(2)20-13-11-19(12-14-20)23(28-16-15-18-7-3-5-9-22(18)28)17-26-31(29,30)24-10-6-4-8-21(24)25/h3-14,23,26H,15-17H2,1-2H3/t23-/m0/s1. The Morgan fingerprint density at radius 2 is 1.68 bits per heavy atom. The van der Waals surface area contributed by atoms with Crippen molar-refractivity contribution in [1.29, 1.82) is 0 Å². The first-order valence-electron chi connectivity index (χ1n) is 10.2. The minimum absolute atomic E-state index is 0.131. The predicted molar refractivity (Wildman–Crippen MR) is 123 cm³/mol. The van der Waals surface area contributed by atoms with Crippen molar-refractivity contribution < 1.29 is 12.8 Å². The maximum Gasteiger partial charge on any atom is 0.243 e. The van der Waals surface area contributed by atoms with Crippen LogP contribution in [0.25, 0.3) is 0 Å². The molecule has 0 radical (unpaired) electrons. The highest BCUT2D eigenvalue weighted by Gasteiger charge is 2.29. The summed E-state index contributed by atoms with van der Waals surface area (Å²) in [5.74, 6) is -0.756. The Kier molecular flexibility index (Phi) is 5.98. The summed E-state index contributed by atoms with van der Waals surface area (Å²) >= 11 is 0. The average molecular weight is 440 g/mol. The molecule has 1 aliphatic heterocycles. The van der Waals surface area contributed by atoms with E-state index in [9.17, 15) is 12.8 Å². The molecule has 0 saturated heterocycles. The molecule has 0 unspecified atom stereocenters. The Morgan fingerprint density at radius 1 is 1.00 bits per heavy atom. The van der Waals surface area contributed by atoms with Gasteiger partial charge >= 0.3 is 0 Å². The summed E-state index contributed by atoms with van der Waals surface area (Å²) in [7, 11) is -0.0266. The average Bonchev–Trinajstić information content (AvgIpc) is 3.18. The number of nitrogens with zero attached hydrogens (tertiary/aromatic N) is 2. The monoisotopic (exact) mass is 439 g/mol. The van der Waals surface area contributed by atoms with Gasteiger partial charge in [-0.1, -0.05) is 42.5 Å². The second-order valence-corrected chi connectivity index (χ2v) is 9.59. The van der Waals surface area contributed by atoms with E-state index in [0.717, 1.165) is 36.0 Å². The van der Waals surface area contributed by atoms with Gasteiger partial charge in [-0.3, -0.25) is 0 Å². The van der Waals surface area contributed by atoms with E-state index in [0.29, 0.717) is 0 Å². The minimum atomic E-state index is -3.98. The number of rotatable bonds is 7. The predicted octanol–water partition coefficient (Wildman–Crippen LogP) is 3.97. The number of fused-ring (bicyclic) bond motifs is 1. The third-order valence-corrected chi connectivity index (χ3v) is 7.14. The van der Waals surface area contributed by atoms with Crippen molar-refractivity contribution in [3.63, 3.8) is 0 Å². The zero-order valence-electron chi connectivity index (χ0n) is 17.6. The maximum absolute atomic E-state index is 14.1. The van der Waals surface area contributed by atoms with Crippen LogP contribution in [0.4, 0.5) is 15.8 Å². The van der Waals surface area contributed by atoms with Gasteiger partial charge in [0, 0.05) is 38.6 Å². The molecular weight excluding hydrogens is 413 g/mol. The summed E-state index contributed by atoms with van der Waals surface area (Å²) in [6, 6.07) is 21.5. The summed E-state index contributed by atoms with van der Waals surface area (Å²) in [6.45, 7) is 0.924. The van der Waals surface area contributed by atoms with Crippen LogP contribution in [-0.4, -0.2) is 35.6 Å². The van der Waals surface area contributed by atoms with Crippen LogP contribution in [0.1, 0.15) is 17.2 Å². The lowest BCUT2D eigenvalue weighted by Gasteiger charge is -2.31. The molecule has 31 heavy (non-hydrogen) atoms. The number of anilines is 2. The molecule has 0 saturated carbocycles. The first-order valence-corrected chi connectivity index (χ1v) is 11.7. The molecule has 7 heteroatoms. The summed E-state index contributed by atoms with van der Waals surface area (Å²) in [5.41, 5.74) is 4.42. The van der Waals surface area contributed by atoms with Crippen molar-refractivity contribution in [3.8, 4) is 0 Å². The van der Waals surface area contributed by atoms with Gasteiger partial charge in [-0.2, -0.15) is 0 Å². The summed E-state index contributed by atoms with van der Waals surface area (Å²) in [5, 5.41) is 0. The van der Waals surface area contributed by atoms with Crippen LogP contribution in [-0.2, 0) is 16.4 Å². The Bertz CT molecular complexity index is 1160. The molecule has 1 N–H and O–H groups in total. The Morgan fingerprint density at radius 3 is 2.39 bits per heavy atom. The Labute approximate surface area is 183 Å². The first kappa shape index (κ1) is 21.3. The third-order valence-electron chi connectivity index (χ3n) is 5.69. The molecule has 4 rings (SSSR count). The lowest BCUT2D eigenvalue weighted by molar-refractivity contribution is 0.546. The molecule has 5 nitrogen and oxygen atoms in total. The van der Waals surface area contributed by atoms with Gasteiger partial charge in [0.15, 0.2) is 0 Å². The van der Waals surface area contributed by atoms with Crippen LogP contribution in [0.3, 0.4) is 0 Å². The van der Waals surface area contributed by atoms with Crippen LogP contribution in [0.2, 0.25) is 0 Å². The number of sulfonamides is 1. The second-order valence-electron chi connectivity index (χ2n) is 7.86. The van der Waals surface area contributed by atoms with E-state index < -0.39 is 15.8 Å². The van der Waals surface area contributed by atoms with Crippen molar-refractivity contribution in [2.45, 2.75) is 17.4 Å². The largest absolute Gasteiger partial charge is 0.378 e. The number of hydrogen-bond acceptors (Lipinski definition) is 4. The fourth-order valence-corrected chi connectivity index (χ4v) is 5.13. The van der Waals surface area contributed by atoms with E-state index in [4.69, 9.17) is 0 Å². The Balaban J connectivity index is 1.65. The number of benzene rings is 3. The van der Waals surface area contributed by atoms with Crippen LogP contribution in [0.15, 0.2) is 77.7 Å². The van der Waals surface area contributed by atoms with Gasteiger partial charge in [0.2, 0.25) is 10.0 Å². The quantitative estimate of drug-likeness (QED) is 0.605. The molecule has 1 heterocycles. The highest BCUT2D eigenvalue weighted by Crippen LogP contribution is 2.35. The van der Waals surface area contributed by atoms with Crippen molar-refractivity contribution in [3.05, 3.63) is 89.7 Å². The fourth-order valence-electron chi connectivity index (χ4n) is 4.02. The van der Waals surface area contributed by atoms with Gasteiger partial charge in [0.25, 0.3) is 0 Å². The van der Waals surface area contributed by atoms with Gasteiger partial charge in [-0.05, 0) is 47.9 Å². The number of halogens is 1. The number of nitrogens with one attached hydrogen (secondary N) is 1. The minimum Gasteiger partial charge on any atom is -0.378 e. The van der Waals surface area contributed by atoms with Crippen molar-refractivity contribution in [1.82, 2.24) is 4.72 Å². The highest BCUT2D eigenvalue weighted by molar-refractivity contribution is 7.89. The van der Waals surface area contributed by atoms with Crippen molar-refractivity contribution in [2.24, 2.45) is 0 Å². The van der Waals surface area contributed by atoms with Crippen molar-refractivity contribution in [2.75, 3.05) is 37.0 Å². The molecular formula is C24H26FN3O2S. The van der Waals surface area contributed by atoms with E-state index in [1.165, 1.54) is 23.8 Å². The first-order chi connectivity index (χ1) is 14.9. The van der Waals surface area contributed by atoms with Crippen LogP contribution < -0.4 is 14.5 Å². The van der Waals surface area contributed by atoms with Crippen LogP contribution in [0.5, 0.6) is 0 Å². The summed E-state index contributed by atoms with van der Waals surface area (Å²) < 4.78 is 42.4. The van der Waals surface area contributed by atoms with E-state index in [1.807, 2.05) is 55.4 Å². The van der Waals surface area contributed by atoms with Gasteiger partial charge < -0.3 is 9.80 Å². The SMILES string of the molecule is CN(C)c1ccc([C@H](CNS(=O)(=O)c2ccccc2F)N2CCc3ccccc32)cc1.